The third kappa shape index (κ3) is 4.84. The van der Waals surface area contributed by atoms with Gasteiger partial charge in [0.25, 0.3) is 0 Å². The van der Waals surface area contributed by atoms with Crippen molar-refractivity contribution in [2.45, 2.75) is 45.8 Å². The van der Waals surface area contributed by atoms with Crippen molar-refractivity contribution in [3.8, 4) is 11.3 Å². The molecule has 1 fully saturated rings. The number of halogens is 1. The number of ether oxygens (including phenoxy) is 1. The largest absolute Gasteiger partial charge is 0.444 e. The van der Waals surface area contributed by atoms with Gasteiger partial charge < -0.3 is 19.9 Å². The second kappa shape index (κ2) is 8.26. The summed E-state index contributed by atoms with van der Waals surface area (Å²) in [6.45, 7) is 7.67. The van der Waals surface area contributed by atoms with E-state index in [-0.39, 0.29) is 17.3 Å². The monoisotopic (exact) mass is 444 g/mol. The van der Waals surface area contributed by atoms with Gasteiger partial charge >= 0.3 is 6.09 Å². The van der Waals surface area contributed by atoms with Gasteiger partial charge in [0.1, 0.15) is 16.8 Å². The van der Waals surface area contributed by atoms with Gasteiger partial charge in [-0.15, -0.1) is 0 Å². The van der Waals surface area contributed by atoms with E-state index in [2.05, 4.69) is 24.9 Å². The molecule has 0 unspecified atom stereocenters. The van der Waals surface area contributed by atoms with Crippen molar-refractivity contribution in [1.29, 1.82) is 0 Å². The average molecular weight is 445 g/mol. The van der Waals surface area contributed by atoms with E-state index in [1.54, 1.807) is 23.6 Å². The van der Waals surface area contributed by atoms with Crippen molar-refractivity contribution in [3.63, 3.8) is 0 Å². The van der Waals surface area contributed by atoms with Crippen LogP contribution in [-0.4, -0.2) is 59.2 Å². The molecule has 0 spiro atoms. The maximum absolute atomic E-state index is 12.3. The van der Waals surface area contributed by atoms with E-state index in [9.17, 15) is 4.79 Å². The predicted octanol–water partition coefficient (Wildman–Crippen LogP) is 3.17. The second-order valence-electron chi connectivity index (χ2n) is 8.65. The van der Waals surface area contributed by atoms with Crippen molar-refractivity contribution in [2.24, 2.45) is 5.92 Å². The predicted molar refractivity (Wildman–Crippen MR) is 116 cm³/mol. The van der Waals surface area contributed by atoms with Gasteiger partial charge in [-0.3, -0.25) is 0 Å². The summed E-state index contributed by atoms with van der Waals surface area (Å²) in [5, 5.41) is 0.126. The lowest BCUT2D eigenvalue weighted by atomic mass is 9.97. The normalized spacial score (nSPS) is 15.4. The molecule has 1 saturated heterocycles. The maximum atomic E-state index is 12.3. The van der Waals surface area contributed by atoms with Crippen LogP contribution >= 0.6 is 11.6 Å². The Morgan fingerprint density at radius 1 is 1.19 bits per heavy atom. The SMILES string of the molecule is CC(C)(C)OC(=O)N1CCC(Cn2cnc3c(-c4cnc(N)nc4)nc(Cl)nc32)CC1. The fourth-order valence-electron chi connectivity index (χ4n) is 3.62. The maximum Gasteiger partial charge on any atom is 0.410 e. The fraction of sp³-hybridized carbons (Fsp3) is 0.500. The molecule has 164 valence electrons. The summed E-state index contributed by atoms with van der Waals surface area (Å²) in [6.07, 6.45) is 6.41. The molecule has 10 nitrogen and oxygen atoms in total. The van der Waals surface area contributed by atoms with E-state index in [4.69, 9.17) is 22.1 Å². The minimum atomic E-state index is -0.490. The Morgan fingerprint density at radius 2 is 1.87 bits per heavy atom. The first-order valence-corrected chi connectivity index (χ1v) is 10.5. The first-order valence-electron chi connectivity index (χ1n) is 10.1. The van der Waals surface area contributed by atoms with Crippen LogP contribution in [0.2, 0.25) is 5.28 Å². The molecule has 1 aliphatic heterocycles. The topological polar surface area (TPSA) is 125 Å². The van der Waals surface area contributed by atoms with Crippen molar-refractivity contribution in [3.05, 3.63) is 24.0 Å². The zero-order valence-electron chi connectivity index (χ0n) is 17.7. The molecule has 4 rings (SSSR count). The standard InChI is InChI=1S/C20H25ClN8O2/c1-20(2,3)31-19(30)28-6-4-12(5-7-28)10-29-11-25-15-14(26-17(21)27-16(15)29)13-8-23-18(22)24-9-13/h8-9,11-12H,4-7,10H2,1-3H3,(H2,22,23,24). The van der Waals surface area contributed by atoms with Crippen LogP contribution in [-0.2, 0) is 11.3 Å². The molecule has 0 atom stereocenters. The molecule has 2 N–H and O–H groups in total. The lowest BCUT2D eigenvalue weighted by Gasteiger charge is -2.33. The third-order valence-electron chi connectivity index (χ3n) is 5.10. The zero-order chi connectivity index (χ0) is 22.2. The Bertz CT molecular complexity index is 1080. The van der Waals surface area contributed by atoms with Crippen LogP contribution in [0.25, 0.3) is 22.4 Å². The number of amides is 1. The number of carbonyl (C=O) groups excluding carboxylic acids is 1. The molecule has 31 heavy (non-hydrogen) atoms. The van der Waals surface area contributed by atoms with E-state index in [0.29, 0.717) is 41.4 Å². The van der Waals surface area contributed by atoms with Gasteiger partial charge in [0.05, 0.1) is 6.33 Å². The van der Waals surface area contributed by atoms with Gasteiger partial charge in [-0.05, 0) is 51.1 Å². The van der Waals surface area contributed by atoms with E-state index >= 15 is 0 Å². The van der Waals surface area contributed by atoms with Crippen LogP contribution in [0, 0.1) is 5.92 Å². The molecule has 0 bridgehead atoms. The number of imidazole rings is 1. The highest BCUT2D eigenvalue weighted by molar-refractivity contribution is 6.28. The molecule has 3 aromatic heterocycles. The lowest BCUT2D eigenvalue weighted by molar-refractivity contribution is 0.0178. The summed E-state index contributed by atoms with van der Waals surface area (Å²) in [5.74, 6) is 0.566. The molecule has 0 radical (unpaired) electrons. The zero-order valence-corrected chi connectivity index (χ0v) is 18.5. The van der Waals surface area contributed by atoms with E-state index in [1.807, 2.05) is 25.3 Å². The van der Waals surface area contributed by atoms with Crippen molar-refractivity contribution in [2.75, 3.05) is 18.8 Å². The number of nitrogen functional groups attached to an aromatic ring is 1. The van der Waals surface area contributed by atoms with Crippen LogP contribution in [0.3, 0.4) is 0 Å². The number of nitrogens with two attached hydrogens (primary N) is 1. The molecule has 1 amide bonds. The van der Waals surface area contributed by atoms with Crippen LogP contribution in [0.4, 0.5) is 10.7 Å². The van der Waals surface area contributed by atoms with Crippen LogP contribution in [0.15, 0.2) is 18.7 Å². The quantitative estimate of drug-likeness (QED) is 0.610. The highest BCUT2D eigenvalue weighted by Gasteiger charge is 2.27. The van der Waals surface area contributed by atoms with Crippen molar-refractivity contribution >= 4 is 34.8 Å². The molecule has 1 aliphatic rings. The van der Waals surface area contributed by atoms with Gasteiger partial charge in [-0.2, -0.15) is 4.98 Å². The van der Waals surface area contributed by atoms with E-state index in [0.717, 1.165) is 19.4 Å². The third-order valence-corrected chi connectivity index (χ3v) is 5.27. The van der Waals surface area contributed by atoms with Crippen LogP contribution in [0.5, 0.6) is 0 Å². The molecular formula is C20H25ClN8O2. The Balaban J connectivity index is 1.49. The Kier molecular flexibility index (Phi) is 5.65. The fourth-order valence-corrected chi connectivity index (χ4v) is 3.78. The van der Waals surface area contributed by atoms with Crippen molar-refractivity contribution < 1.29 is 9.53 Å². The molecule has 0 aromatic carbocycles. The second-order valence-corrected chi connectivity index (χ2v) is 8.99. The summed E-state index contributed by atoms with van der Waals surface area (Å²) >= 11 is 6.20. The van der Waals surface area contributed by atoms with E-state index < -0.39 is 5.60 Å². The van der Waals surface area contributed by atoms with Gasteiger partial charge in [0, 0.05) is 37.6 Å². The number of likely N-dealkylation sites (tertiary alicyclic amines) is 1. The summed E-state index contributed by atoms with van der Waals surface area (Å²) in [6, 6.07) is 0. The molecule has 4 heterocycles. The summed E-state index contributed by atoms with van der Waals surface area (Å²) in [4.78, 5) is 35.3. The molecule has 0 saturated carbocycles. The Labute approximate surface area is 184 Å². The highest BCUT2D eigenvalue weighted by atomic mass is 35.5. The summed E-state index contributed by atoms with van der Waals surface area (Å²) in [5.41, 5.74) is 7.60. The number of carbonyl (C=O) groups is 1. The number of piperidine rings is 1. The minimum absolute atomic E-state index is 0.126. The highest BCUT2D eigenvalue weighted by Crippen LogP contribution is 2.28. The van der Waals surface area contributed by atoms with Crippen LogP contribution < -0.4 is 5.73 Å². The average Bonchev–Trinajstić information content (AvgIpc) is 3.10. The number of aromatic nitrogens is 6. The number of anilines is 1. The smallest absolute Gasteiger partial charge is 0.410 e. The summed E-state index contributed by atoms with van der Waals surface area (Å²) in [7, 11) is 0. The van der Waals surface area contributed by atoms with Gasteiger partial charge in [-0.25, -0.2) is 24.7 Å². The Morgan fingerprint density at radius 3 is 2.52 bits per heavy atom. The number of hydrogen-bond acceptors (Lipinski definition) is 8. The first kappa shape index (κ1) is 21.2. The number of rotatable bonds is 3. The lowest BCUT2D eigenvalue weighted by Crippen LogP contribution is -2.42. The molecule has 11 heteroatoms. The molecular weight excluding hydrogens is 420 g/mol. The number of hydrogen-bond donors (Lipinski definition) is 1. The van der Waals surface area contributed by atoms with E-state index in [1.165, 1.54) is 0 Å². The first-order chi connectivity index (χ1) is 14.7. The Hall–Kier alpha value is -3.01. The van der Waals surface area contributed by atoms with Gasteiger partial charge in [-0.1, -0.05) is 0 Å². The molecule has 3 aromatic rings. The minimum Gasteiger partial charge on any atom is -0.444 e. The van der Waals surface area contributed by atoms with Crippen molar-refractivity contribution in [1.82, 2.24) is 34.4 Å². The van der Waals surface area contributed by atoms with Gasteiger partial charge in [0.15, 0.2) is 5.65 Å². The van der Waals surface area contributed by atoms with Gasteiger partial charge in [0.2, 0.25) is 11.2 Å². The number of nitrogens with zero attached hydrogens (tertiary/aromatic N) is 7. The van der Waals surface area contributed by atoms with Crippen LogP contribution in [0.1, 0.15) is 33.6 Å². The number of fused-ring (bicyclic) bond motifs is 1. The molecule has 0 aliphatic carbocycles. The summed E-state index contributed by atoms with van der Waals surface area (Å²) < 4.78 is 7.46.